The Morgan fingerprint density at radius 1 is 1.24 bits per heavy atom. The molecule has 0 aliphatic heterocycles. The van der Waals surface area contributed by atoms with Gasteiger partial charge in [0.2, 0.25) is 0 Å². The zero-order valence-corrected chi connectivity index (χ0v) is 9.28. The van der Waals surface area contributed by atoms with Crippen molar-refractivity contribution in [3.05, 3.63) is 39.9 Å². The van der Waals surface area contributed by atoms with Crippen LogP contribution in [0.4, 0.5) is 5.69 Å². The van der Waals surface area contributed by atoms with Crippen LogP contribution in [0.3, 0.4) is 0 Å². The van der Waals surface area contributed by atoms with Gasteiger partial charge in [-0.05, 0) is 23.6 Å². The highest BCUT2D eigenvalue weighted by molar-refractivity contribution is 7.16. The molecule has 1 aromatic heterocycles. The maximum Gasteiger partial charge on any atom is 0.394 e. The molecule has 0 radical (unpaired) electrons. The van der Waals surface area contributed by atoms with Gasteiger partial charge >= 0.3 is 11.9 Å². The number of fused-ring (bicyclic) bond motifs is 1. The monoisotopic (exact) mass is 249 g/mol. The summed E-state index contributed by atoms with van der Waals surface area (Å²) in [6, 6.07) is 6.26. The molecule has 0 saturated heterocycles. The largest absolute Gasteiger partial charge is 0.474 e. The molecule has 17 heavy (non-hydrogen) atoms. The minimum atomic E-state index is -1.59. The summed E-state index contributed by atoms with van der Waals surface area (Å²) < 4.78 is 0.695. The summed E-state index contributed by atoms with van der Waals surface area (Å²) in [6.45, 7) is 0. The van der Waals surface area contributed by atoms with E-state index in [1.807, 2.05) is 0 Å². The van der Waals surface area contributed by atoms with Crippen LogP contribution in [0.25, 0.3) is 10.1 Å². The predicted molar refractivity (Wildman–Crippen MR) is 64.4 cm³/mol. The van der Waals surface area contributed by atoms with Crippen LogP contribution in [0.2, 0.25) is 0 Å². The molecule has 2 rings (SSSR count). The average Bonchev–Trinajstić information content (AvgIpc) is 2.29. The second kappa shape index (κ2) is 4.34. The Morgan fingerprint density at radius 3 is 2.71 bits per heavy atom. The minimum Gasteiger partial charge on any atom is -0.474 e. The molecule has 2 aromatic rings. The molecule has 1 aromatic carbocycles. The van der Waals surface area contributed by atoms with Gasteiger partial charge in [0.05, 0.1) is 11.1 Å². The number of carboxylic acid groups (broad SMARTS) is 1. The van der Waals surface area contributed by atoms with Gasteiger partial charge in [-0.3, -0.25) is 9.59 Å². The number of anilines is 1. The van der Waals surface area contributed by atoms with Crippen molar-refractivity contribution in [3.63, 3.8) is 0 Å². The highest BCUT2D eigenvalue weighted by Gasteiger charge is 2.13. The van der Waals surface area contributed by atoms with Crippen molar-refractivity contribution in [1.82, 2.24) is 0 Å². The summed E-state index contributed by atoms with van der Waals surface area (Å²) in [5.41, 5.74) is -0.0308. The molecule has 0 unspecified atom stereocenters. The van der Waals surface area contributed by atoms with E-state index in [0.29, 0.717) is 10.1 Å². The van der Waals surface area contributed by atoms with Gasteiger partial charge in [-0.15, -0.1) is 11.3 Å². The van der Waals surface area contributed by atoms with Crippen LogP contribution in [0.5, 0.6) is 0 Å². The summed E-state index contributed by atoms with van der Waals surface area (Å²) in [6.07, 6.45) is 0. The third-order valence-corrected chi connectivity index (χ3v) is 3.00. The zero-order valence-electron chi connectivity index (χ0n) is 8.47. The SMILES string of the molecule is O=C(O)C(=O)Nc1cccc2sccc(=O)c12. The van der Waals surface area contributed by atoms with Crippen LogP contribution >= 0.6 is 11.3 Å². The molecule has 1 amide bonds. The second-order valence-corrected chi connectivity index (χ2v) is 4.17. The van der Waals surface area contributed by atoms with Crippen LogP contribution < -0.4 is 10.7 Å². The normalized spacial score (nSPS) is 10.1. The van der Waals surface area contributed by atoms with Gasteiger partial charge in [0.1, 0.15) is 0 Å². The molecular weight excluding hydrogens is 242 g/mol. The Kier molecular flexibility index (Phi) is 2.88. The van der Waals surface area contributed by atoms with E-state index >= 15 is 0 Å². The van der Waals surface area contributed by atoms with Gasteiger partial charge < -0.3 is 10.4 Å². The molecular formula is C11H7NO4S. The van der Waals surface area contributed by atoms with Crippen molar-refractivity contribution in [2.75, 3.05) is 5.32 Å². The highest BCUT2D eigenvalue weighted by atomic mass is 32.1. The molecule has 1 heterocycles. The van der Waals surface area contributed by atoms with Crippen LogP contribution in [0, 0.1) is 0 Å². The van der Waals surface area contributed by atoms with Gasteiger partial charge in [0.25, 0.3) is 0 Å². The summed E-state index contributed by atoms with van der Waals surface area (Å²) in [5, 5.41) is 12.7. The summed E-state index contributed by atoms with van der Waals surface area (Å²) in [7, 11) is 0. The summed E-state index contributed by atoms with van der Waals surface area (Å²) in [5.74, 6) is -2.75. The fourth-order valence-electron chi connectivity index (χ4n) is 1.42. The molecule has 0 saturated carbocycles. The van der Waals surface area contributed by atoms with E-state index in [4.69, 9.17) is 5.11 Å². The van der Waals surface area contributed by atoms with Crippen molar-refractivity contribution in [1.29, 1.82) is 0 Å². The molecule has 0 bridgehead atoms. The van der Waals surface area contributed by atoms with Crippen LogP contribution in [0.15, 0.2) is 34.4 Å². The number of amides is 1. The van der Waals surface area contributed by atoms with E-state index in [-0.39, 0.29) is 11.1 Å². The fraction of sp³-hybridized carbons (Fsp3) is 0. The quantitative estimate of drug-likeness (QED) is 0.746. The van der Waals surface area contributed by atoms with E-state index in [1.165, 1.54) is 23.5 Å². The Hall–Kier alpha value is -2.21. The molecule has 5 nitrogen and oxygen atoms in total. The summed E-state index contributed by atoms with van der Waals surface area (Å²) >= 11 is 1.34. The Morgan fingerprint density at radius 2 is 2.00 bits per heavy atom. The lowest BCUT2D eigenvalue weighted by Gasteiger charge is -2.04. The van der Waals surface area contributed by atoms with Crippen molar-refractivity contribution in [2.45, 2.75) is 0 Å². The smallest absolute Gasteiger partial charge is 0.394 e. The van der Waals surface area contributed by atoms with Gasteiger partial charge in [0, 0.05) is 4.70 Å². The van der Waals surface area contributed by atoms with Gasteiger partial charge in [-0.2, -0.15) is 0 Å². The first kappa shape index (κ1) is 11.3. The minimum absolute atomic E-state index is 0.219. The molecule has 0 fully saturated rings. The van der Waals surface area contributed by atoms with Gasteiger partial charge in [-0.1, -0.05) is 6.07 Å². The van der Waals surface area contributed by atoms with Crippen molar-refractivity contribution in [3.8, 4) is 0 Å². The van der Waals surface area contributed by atoms with Crippen LogP contribution in [-0.2, 0) is 9.59 Å². The number of carbonyl (C=O) groups is 2. The average molecular weight is 249 g/mol. The zero-order chi connectivity index (χ0) is 12.4. The molecule has 2 N–H and O–H groups in total. The number of carboxylic acids is 1. The molecule has 6 heteroatoms. The van der Waals surface area contributed by atoms with E-state index in [1.54, 1.807) is 17.5 Å². The topological polar surface area (TPSA) is 83.5 Å². The lowest BCUT2D eigenvalue weighted by atomic mass is 10.2. The van der Waals surface area contributed by atoms with Crippen LogP contribution in [0.1, 0.15) is 0 Å². The second-order valence-electron chi connectivity index (χ2n) is 3.22. The maximum atomic E-state index is 11.7. The van der Waals surface area contributed by atoms with Crippen molar-refractivity contribution < 1.29 is 14.7 Å². The highest BCUT2D eigenvalue weighted by Crippen LogP contribution is 2.22. The molecule has 0 aliphatic carbocycles. The number of hydrogen-bond acceptors (Lipinski definition) is 4. The molecule has 86 valence electrons. The third kappa shape index (κ3) is 2.16. The number of benzene rings is 1. The summed E-state index contributed by atoms with van der Waals surface area (Å²) in [4.78, 5) is 33.2. The van der Waals surface area contributed by atoms with Crippen molar-refractivity contribution >= 4 is 39.0 Å². The lowest BCUT2D eigenvalue weighted by Crippen LogP contribution is -2.22. The lowest BCUT2D eigenvalue weighted by molar-refractivity contribution is -0.147. The van der Waals surface area contributed by atoms with E-state index < -0.39 is 11.9 Å². The predicted octanol–water partition coefficient (Wildman–Crippen LogP) is 1.28. The first-order valence-electron chi connectivity index (χ1n) is 4.64. The molecule has 0 atom stereocenters. The van der Waals surface area contributed by atoms with Crippen LogP contribution in [-0.4, -0.2) is 17.0 Å². The first-order chi connectivity index (χ1) is 8.09. The maximum absolute atomic E-state index is 11.7. The van der Waals surface area contributed by atoms with Crippen molar-refractivity contribution in [2.24, 2.45) is 0 Å². The number of rotatable bonds is 1. The number of carbonyl (C=O) groups excluding carboxylic acids is 1. The molecule has 0 spiro atoms. The van der Waals surface area contributed by atoms with E-state index in [9.17, 15) is 14.4 Å². The van der Waals surface area contributed by atoms with Gasteiger partial charge in [-0.25, -0.2) is 4.79 Å². The standard InChI is InChI=1S/C11H7NO4S/c13-7-4-5-17-8-3-1-2-6(9(7)8)12-10(14)11(15)16/h1-5H,(H,12,14)(H,15,16). The Bertz CT molecular complexity index is 657. The fourth-order valence-corrected chi connectivity index (χ4v) is 2.24. The number of nitrogens with one attached hydrogen (secondary N) is 1. The van der Waals surface area contributed by atoms with E-state index in [2.05, 4.69) is 5.32 Å². The number of aliphatic carboxylic acids is 1. The molecule has 0 aliphatic rings. The van der Waals surface area contributed by atoms with Gasteiger partial charge in [0.15, 0.2) is 5.43 Å². The third-order valence-electron chi connectivity index (χ3n) is 2.13. The van der Waals surface area contributed by atoms with E-state index in [0.717, 1.165) is 0 Å². The number of hydrogen-bond donors (Lipinski definition) is 2. The Labute approximate surface area is 99.3 Å². The first-order valence-corrected chi connectivity index (χ1v) is 5.52. The Balaban J connectivity index is 2.58.